The van der Waals surface area contributed by atoms with Gasteiger partial charge in [-0.2, -0.15) is 0 Å². The van der Waals surface area contributed by atoms with Crippen LogP contribution in [0.2, 0.25) is 0 Å². The van der Waals surface area contributed by atoms with Gasteiger partial charge in [0.05, 0.1) is 6.61 Å². The molecule has 5 N–H and O–H groups in total. The molecule has 1 saturated heterocycles. The number of ether oxygens (including phenoxy) is 1. The summed E-state index contributed by atoms with van der Waals surface area (Å²) in [6.07, 6.45) is -5.61. The van der Waals surface area contributed by atoms with E-state index in [0.717, 1.165) is 6.92 Å². The molecule has 6 nitrogen and oxygen atoms in total. The van der Waals surface area contributed by atoms with E-state index >= 15 is 0 Å². The van der Waals surface area contributed by atoms with Gasteiger partial charge in [-0.05, 0) is 6.92 Å². The summed E-state index contributed by atoms with van der Waals surface area (Å²) in [4.78, 5) is 0. The van der Waals surface area contributed by atoms with Crippen molar-refractivity contribution in [3.8, 4) is 0 Å². The highest BCUT2D eigenvalue weighted by Crippen LogP contribution is 2.27. The van der Waals surface area contributed by atoms with Crippen LogP contribution in [-0.2, 0) is 4.74 Å². The summed E-state index contributed by atoms with van der Waals surface area (Å²) in [5.41, 5.74) is 0. The van der Waals surface area contributed by atoms with Gasteiger partial charge < -0.3 is 30.3 Å². The number of rotatable bonds is 1. The normalized spacial score (nSPS) is 48.4. The molecule has 0 amide bonds. The van der Waals surface area contributed by atoms with Crippen molar-refractivity contribution >= 4 is 0 Å². The lowest BCUT2D eigenvalue weighted by molar-refractivity contribution is -0.341. The standard InChI is InChI=1S/C7H14O6.CH4/c1-7(12)6(11)5(10)4(9)3(2-8)13-7;/h3-6,8-12H,2H2,1H3;1H4. The van der Waals surface area contributed by atoms with E-state index in [-0.39, 0.29) is 7.43 Å². The summed E-state index contributed by atoms with van der Waals surface area (Å²) < 4.78 is 4.76. The molecule has 0 bridgehead atoms. The zero-order valence-corrected chi connectivity index (χ0v) is 7.16. The van der Waals surface area contributed by atoms with Gasteiger partial charge in [-0.25, -0.2) is 0 Å². The van der Waals surface area contributed by atoms with Crippen LogP contribution in [-0.4, -0.2) is 62.3 Å². The molecule has 0 spiro atoms. The molecule has 1 aliphatic rings. The lowest BCUT2D eigenvalue weighted by atomic mass is 9.94. The molecule has 14 heavy (non-hydrogen) atoms. The predicted octanol–water partition coefficient (Wildman–Crippen LogP) is -2.20. The summed E-state index contributed by atoms with van der Waals surface area (Å²) >= 11 is 0. The summed E-state index contributed by atoms with van der Waals surface area (Å²) in [5, 5.41) is 45.8. The molecule has 5 atom stereocenters. The molecule has 6 heteroatoms. The molecule has 1 heterocycles. The molecular formula is C8H18O6. The Balaban J connectivity index is 0.00000169. The van der Waals surface area contributed by atoms with Crippen LogP contribution in [0.4, 0.5) is 0 Å². The average molecular weight is 210 g/mol. The Labute approximate surface area is 82.4 Å². The van der Waals surface area contributed by atoms with Crippen molar-refractivity contribution in [1.82, 2.24) is 0 Å². The van der Waals surface area contributed by atoms with Crippen LogP contribution in [0.5, 0.6) is 0 Å². The maximum absolute atomic E-state index is 9.38. The van der Waals surface area contributed by atoms with Crippen molar-refractivity contribution in [2.24, 2.45) is 0 Å². The second-order valence-electron chi connectivity index (χ2n) is 3.32. The number of aliphatic hydroxyl groups excluding tert-OH is 4. The Kier molecular flexibility index (Phi) is 4.44. The largest absolute Gasteiger partial charge is 0.394 e. The summed E-state index contributed by atoms with van der Waals surface area (Å²) in [6, 6.07) is 0. The van der Waals surface area contributed by atoms with E-state index in [1.54, 1.807) is 0 Å². The van der Waals surface area contributed by atoms with Gasteiger partial charge in [0.25, 0.3) is 0 Å². The van der Waals surface area contributed by atoms with Gasteiger partial charge in [0.2, 0.25) is 0 Å². The first-order chi connectivity index (χ1) is 5.90. The van der Waals surface area contributed by atoms with Crippen molar-refractivity contribution in [2.45, 2.75) is 44.6 Å². The van der Waals surface area contributed by atoms with Crippen LogP contribution < -0.4 is 0 Å². The molecule has 0 saturated carbocycles. The molecule has 1 rings (SSSR count). The highest BCUT2D eigenvalue weighted by atomic mass is 16.7. The fourth-order valence-electron chi connectivity index (χ4n) is 1.31. The van der Waals surface area contributed by atoms with Crippen LogP contribution in [0.15, 0.2) is 0 Å². The third-order valence-electron chi connectivity index (χ3n) is 2.17. The molecule has 0 radical (unpaired) electrons. The van der Waals surface area contributed by atoms with Crippen LogP contribution >= 0.6 is 0 Å². The average Bonchev–Trinajstić information content (AvgIpc) is 2.08. The second kappa shape index (κ2) is 4.52. The van der Waals surface area contributed by atoms with Crippen LogP contribution in [0, 0.1) is 0 Å². The first-order valence-corrected chi connectivity index (χ1v) is 3.95. The summed E-state index contributed by atoms with van der Waals surface area (Å²) in [5.74, 6) is -1.95. The lowest BCUT2D eigenvalue weighted by Crippen LogP contribution is -2.63. The molecule has 1 aliphatic heterocycles. The van der Waals surface area contributed by atoms with E-state index in [0.29, 0.717) is 0 Å². The number of hydrogen-bond donors (Lipinski definition) is 5. The zero-order valence-electron chi connectivity index (χ0n) is 7.16. The minimum Gasteiger partial charge on any atom is -0.394 e. The monoisotopic (exact) mass is 210 g/mol. The van der Waals surface area contributed by atoms with E-state index in [9.17, 15) is 20.4 Å². The van der Waals surface area contributed by atoms with Gasteiger partial charge in [0.15, 0.2) is 5.79 Å². The molecular weight excluding hydrogens is 192 g/mol. The predicted molar refractivity (Wildman–Crippen MR) is 47.3 cm³/mol. The Morgan fingerprint density at radius 2 is 1.71 bits per heavy atom. The van der Waals surface area contributed by atoms with Gasteiger partial charge >= 0.3 is 0 Å². The number of hydrogen-bond acceptors (Lipinski definition) is 6. The molecule has 0 aliphatic carbocycles. The maximum Gasteiger partial charge on any atom is 0.192 e. The molecule has 86 valence electrons. The third-order valence-corrected chi connectivity index (χ3v) is 2.17. The van der Waals surface area contributed by atoms with Crippen LogP contribution in [0.25, 0.3) is 0 Å². The van der Waals surface area contributed by atoms with Crippen LogP contribution in [0.1, 0.15) is 14.4 Å². The lowest BCUT2D eigenvalue weighted by Gasteiger charge is -2.43. The van der Waals surface area contributed by atoms with Crippen molar-refractivity contribution < 1.29 is 30.3 Å². The minimum absolute atomic E-state index is 0. The first kappa shape index (κ1) is 13.8. The highest BCUT2D eigenvalue weighted by molar-refractivity contribution is 4.93. The maximum atomic E-state index is 9.38. The summed E-state index contributed by atoms with van der Waals surface area (Å²) in [7, 11) is 0. The fraction of sp³-hybridized carbons (Fsp3) is 1.00. The second-order valence-corrected chi connectivity index (χ2v) is 3.32. The topological polar surface area (TPSA) is 110 Å². The summed E-state index contributed by atoms with van der Waals surface area (Å²) in [6.45, 7) is 0.608. The Hall–Kier alpha value is -0.240. The zero-order chi connectivity index (χ0) is 10.2. The molecule has 0 aromatic rings. The van der Waals surface area contributed by atoms with Crippen LogP contribution in [0.3, 0.4) is 0 Å². The smallest absolute Gasteiger partial charge is 0.192 e. The van der Waals surface area contributed by atoms with Gasteiger partial charge in [0.1, 0.15) is 24.4 Å². The van der Waals surface area contributed by atoms with Crippen molar-refractivity contribution in [1.29, 1.82) is 0 Å². The highest BCUT2D eigenvalue weighted by Gasteiger charge is 2.49. The van der Waals surface area contributed by atoms with E-state index < -0.39 is 36.8 Å². The van der Waals surface area contributed by atoms with Crippen molar-refractivity contribution in [2.75, 3.05) is 6.61 Å². The van der Waals surface area contributed by atoms with Crippen molar-refractivity contribution in [3.63, 3.8) is 0 Å². The van der Waals surface area contributed by atoms with E-state index in [1.165, 1.54) is 0 Å². The SMILES string of the molecule is C.CC1(O)OC(CO)C(O)C(O)C1O. The Morgan fingerprint density at radius 3 is 2.14 bits per heavy atom. The fourth-order valence-corrected chi connectivity index (χ4v) is 1.31. The van der Waals surface area contributed by atoms with E-state index in [4.69, 9.17) is 9.84 Å². The van der Waals surface area contributed by atoms with E-state index in [2.05, 4.69) is 0 Å². The number of aliphatic hydroxyl groups is 5. The molecule has 5 unspecified atom stereocenters. The Bertz CT molecular complexity index is 181. The molecule has 1 fully saturated rings. The van der Waals surface area contributed by atoms with Gasteiger partial charge in [0, 0.05) is 0 Å². The molecule has 0 aromatic carbocycles. The van der Waals surface area contributed by atoms with Crippen molar-refractivity contribution in [3.05, 3.63) is 0 Å². The molecule has 0 aromatic heterocycles. The Morgan fingerprint density at radius 1 is 1.21 bits per heavy atom. The first-order valence-electron chi connectivity index (χ1n) is 3.95. The van der Waals surface area contributed by atoms with Gasteiger partial charge in [-0.1, -0.05) is 7.43 Å². The minimum atomic E-state index is -1.95. The quantitative estimate of drug-likeness (QED) is 0.336. The van der Waals surface area contributed by atoms with E-state index in [1.807, 2.05) is 0 Å². The van der Waals surface area contributed by atoms with Gasteiger partial charge in [-0.15, -0.1) is 0 Å². The third kappa shape index (κ3) is 2.22. The van der Waals surface area contributed by atoms with Gasteiger partial charge in [-0.3, -0.25) is 0 Å².